The molecule has 1 aromatic heterocycles. The van der Waals surface area contributed by atoms with Crippen molar-refractivity contribution in [2.24, 2.45) is 7.05 Å². The van der Waals surface area contributed by atoms with Crippen molar-refractivity contribution in [3.05, 3.63) is 23.5 Å². The van der Waals surface area contributed by atoms with E-state index in [2.05, 4.69) is 4.74 Å². The summed E-state index contributed by atoms with van der Waals surface area (Å²) in [6, 6.07) is 1.81. The van der Waals surface area contributed by atoms with Crippen LogP contribution in [0.25, 0.3) is 0 Å². The van der Waals surface area contributed by atoms with Crippen molar-refractivity contribution in [1.82, 2.24) is 9.47 Å². The first-order chi connectivity index (χ1) is 8.13. The summed E-state index contributed by atoms with van der Waals surface area (Å²) in [7, 11) is 3.26. The van der Waals surface area contributed by atoms with Crippen LogP contribution in [0.3, 0.4) is 0 Å². The van der Waals surface area contributed by atoms with Crippen LogP contribution >= 0.6 is 0 Å². The van der Waals surface area contributed by atoms with Crippen LogP contribution in [0.5, 0.6) is 0 Å². The molecule has 0 saturated carbocycles. The van der Waals surface area contributed by atoms with Crippen LogP contribution < -0.4 is 0 Å². The summed E-state index contributed by atoms with van der Waals surface area (Å²) < 4.78 is 6.56. The van der Waals surface area contributed by atoms with Gasteiger partial charge in [0.05, 0.1) is 12.7 Å². The van der Waals surface area contributed by atoms with Crippen molar-refractivity contribution in [2.45, 2.75) is 12.8 Å². The van der Waals surface area contributed by atoms with Crippen LogP contribution in [0, 0.1) is 0 Å². The van der Waals surface area contributed by atoms with E-state index in [0.29, 0.717) is 12.1 Å². The molecule has 1 aliphatic heterocycles. The van der Waals surface area contributed by atoms with Gasteiger partial charge in [-0.15, -0.1) is 0 Å². The topological polar surface area (TPSA) is 51.5 Å². The number of aryl methyl sites for hydroxylation is 1. The molecular weight excluding hydrogens is 220 g/mol. The van der Waals surface area contributed by atoms with Gasteiger partial charge in [0.1, 0.15) is 6.54 Å². The average molecular weight is 236 g/mol. The van der Waals surface area contributed by atoms with E-state index in [-0.39, 0.29) is 18.4 Å². The first-order valence-electron chi connectivity index (χ1n) is 5.63. The van der Waals surface area contributed by atoms with Gasteiger partial charge in [-0.2, -0.15) is 0 Å². The molecule has 0 bridgehead atoms. The van der Waals surface area contributed by atoms with Crippen LogP contribution in [0.1, 0.15) is 22.5 Å². The highest BCUT2D eigenvalue weighted by atomic mass is 16.5. The number of carbonyl (C=O) groups excluding carboxylic acids is 2. The molecule has 0 saturated heterocycles. The Balaban J connectivity index is 2.23. The Labute approximate surface area is 100.0 Å². The summed E-state index contributed by atoms with van der Waals surface area (Å²) in [5, 5.41) is 0. The van der Waals surface area contributed by atoms with E-state index in [1.54, 1.807) is 4.90 Å². The van der Waals surface area contributed by atoms with Gasteiger partial charge in [0, 0.05) is 25.5 Å². The molecule has 0 radical (unpaired) electrons. The molecule has 0 aromatic carbocycles. The fourth-order valence-corrected chi connectivity index (χ4v) is 2.15. The first-order valence-corrected chi connectivity index (χ1v) is 5.63. The minimum Gasteiger partial charge on any atom is -0.468 e. The van der Waals surface area contributed by atoms with E-state index in [1.165, 1.54) is 7.11 Å². The molecule has 2 rings (SSSR count). The lowest BCUT2D eigenvalue weighted by atomic mass is 10.2. The van der Waals surface area contributed by atoms with Crippen LogP contribution in [-0.2, 0) is 23.0 Å². The lowest BCUT2D eigenvalue weighted by Crippen LogP contribution is -2.36. The van der Waals surface area contributed by atoms with Gasteiger partial charge in [-0.25, -0.2) is 0 Å². The van der Waals surface area contributed by atoms with Gasteiger partial charge in [-0.3, -0.25) is 9.59 Å². The zero-order valence-electron chi connectivity index (χ0n) is 10.1. The fraction of sp³-hybridized carbons (Fsp3) is 0.500. The maximum Gasteiger partial charge on any atom is 0.325 e. The second-order valence-electron chi connectivity index (χ2n) is 4.19. The number of nitrogens with zero attached hydrogens (tertiary/aromatic N) is 2. The third kappa shape index (κ3) is 2.18. The number of carbonyl (C=O) groups is 2. The summed E-state index contributed by atoms with van der Waals surface area (Å²) in [6.45, 7) is 0.631. The first kappa shape index (κ1) is 11.7. The van der Waals surface area contributed by atoms with Gasteiger partial charge in [-0.1, -0.05) is 0 Å². The fourth-order valence-electron chi connectivity index (χ4n) is 2.15. The van der Waals surface area contributed by atoms with E-state index in [4.69, 9.17) is 0 Å². The molecule has 0 spiro atoms. The standard InChI is InChI=1S/C12H16N2O3/c1-13-7-5-9-10(13)4-3-6-14(12(9)16)8-11(15)17-2/h5,7H,3-4,6,8H2,1-2H3. The Morgan fingerprint density at radius 3 is 3.00 bits per heavy atom. The maximum absolute atomic E-state index is 12.2. The highest BCUT2D eigenvalue weighted by Crippen LogP contribution is 2.19. The molecule has 0 unspecified atom stereocenters. The Morgan fingerprint density at radius 2 is 2.29 bits per heavy atom. The molecule has 0 fully saturated rings. The molecule has 5 nitrogen and oxygen atoms in total. The summed E-state index contributed by atoms with van der Waals surface area (Å²) in [5.74, 6) is -0.457. The van der Waals surface area contributed by atoms with Crippen molar-refractivity contribution in [2.75, 3.05) is 20.2 Å². The number of methoxy groups -OCH3 is 1. The molecule has 0 N–H and O–H groups in total. The number of rotatable bonds is 2. The third-order valence-corrected chi connectivity index (χ3v) is 3.11. The largest absolute Gasteiger partial charge is 0.468 e. The van der Waals surface area contributed by atoms with Gasteiger partial charge in [-0.05, 0) is 18.9 Å². The van der Waals surface area contributed by atoms with Gasteiger partial charge >= 0.3 is 5.97 Å². The van der Waals surface area contributed by atoms with Crippen LogP contribution in [0.2, 0.25) is 0 Å². The SMILES string of the molecule is COC(=O)CN1CCCc2c(ccn2C)C1=O. The average Bonchev–Trinajstić information content (AvgIpc) is 2.60. The number of aromatic nitrogens is 1. The normalized spacial score (nSPS) is 15.4. The molecule has 1 amide bonds. The van der Waals surface area contributed by atoms with Crippen molar-refractivity contribution in [1.29, 1.82) is 0 Å². The third-order valence-electron chi connectivity index (χ3n) is 3.11. The molecule has 1 aromatic rings. The van der Waals surface area contributed by atoms with E-state index >= 15 is 0 Å². The number of ether oxygens (including phenoxy) is 1. The predicted molar refractivity (Wildman–Crippen MR) is 61.7 cm³/mol. The van der Waals surface area contributed by atoms with E-state index in [1.807, 2.05) is 23.9 Å². The summed E-state index contributed by atoms with van der Waals surface area (Å²) >= 11 is 0. The maximum atomic E-state index is 12.2. The molecule has 5 heteroatoms. The number of amides is 1. The monoisotopic (exact) mass is 236 g/mol. The zero-order chi connectivity index (χ0) is 12.4. The Kier molecular flexibility index (Phi) is 3.17. The molecule has 1 aliphatic rings. The molecule has 0 atom stereocenters. The molecule has 2 heterocycles. The lowest BCUT2D eigenvalue weighted by molar-refractivity contribution is -0.141. The Hall–Kier alpha value is -1.78. The summed E-state index contributed by atoms with van der Waals surface area (Å²) in [4.78, 5) is 25.0. The summed E-state index contributed by atoms with van der Waals surface area (Å²) in [6.07, 6.45) is 3.61. The quantitative estimate of drug-likeness (QED) is 0.706. The molecule has 0 aliphatic carbocycles. The predicted octanol–water partition coefficient (Wildman–Crippen LogP) is 0.586. The van der Waals surface area contributed by atoms with Crippen molar-refractivity contribution < 1.29 is 14.3 Å². The van der Waals surface area contributed by atoms with Gasteiger partial charge < -0.3 is 14.2 Å². The lowest BCUT2D eigenvalue weighted by Gasteiger charge is -2.18. The summed E-state index contributed by atoms with van der Waals surface area (Å²) in [5.41, 5.74) is 1.75. The Bertz CT molecular complexity index is 451. The van der Waals surface area contributed by atoms with Crippen molar-refractivity contribution >= 4 is 11.9 Å². The second-order valence-corrected chi connectivity index (χ2v) is 4.19. The van der Waals surface area contributed by atoms with E-state index in [9.17, 15) is 9.59 Å². The number of hydrogen-bond donors (Lipinski definition) is 0. The van der Waals surface area contributed by atoms with E-state index < -0.39 is 0 Å². The Morgan fingerprint density at radius 1 is 1.53 bits per heavy atom. The molecule has 92 valence electrons. The highest BCUT2D eigenvalue weighted by Gasteiger charge is 2.25. The van der Waals surface area contributed by atoms with Crippen LogP contribution in [-0.4, -0.2) is 41.5 Å². The number of fused-ring (bicyclic) bond motifs is 1. The molecular formula is C12H16N2O3. The smallest absolute Gasteiger partial charge is 0.325 e. The minimum absolute atomic E-state index is 0.0314. The zero-order valence-corrected chi connectivity index (χ0v) is 10.1. The minimum atomic E-state index is -0.377. The van der Waals surface area contributed by atoms with Gasteiger partial charge in [0.2, 0.25) is 0 Å². The van der Waals surface area contributed by atoms with Gasteiger partial charge in [0.15, 0.2) is 0 Å². The van der Waals surface area contributed by atoms with Crippen LogP contribution in [0.4, 0.5) is 0 Å². The van der Waals surface area contributed by atoms with Crippen LogP contribution in [0.15, 0.2) is 12.3 Å². The number of esters is 1. The highest BCUT2D eigenvalue weighted by molar-refractivity contribution is 5.97. The number of hydrogen-bond acceptors (Lipinski definition) is 3. The second kappa shape index (κ2) is 4.61. The van der Waals surface area contributed by atoms with E-state index in [0.717, 1.165) is 18.5 Å². The van der Waals surface area contributed by atoms with Crippen molar-refractivity contribution in [3.8, 4) is 0 Å². The molecule has 17 heavy (non-hydrogen) atoms. The van der Waals surface area contributed by atoms with Crippen molar-refractivity contribution in [3.63, 3.8) is 0 Å². The van der Waals surface area contributed by atoms with Gasteiger partial charge in [0.25, 0.3) is 5.91 Å².